The molecular weight excluding hydrogens is 362 g/mol. The van der Waals surface area contributed by atoms with E-state index in [0.717, 1.165) is 18.5 Å². The normalized spacial score (nSPS) is 14.4. The zero-order chi connectivity index (χ0) is 17.9. The Balaban J connectivity index is 1.63. The number of aromatic nitrogens is 1. The Labute approximate surface area is 150 Å². The molecule has 0 aliphatic heterocycles. The summed E-state index contributed by atoms with van der Waals surface area (Å²) in [6.45, 7) is 0.477. The number of amides is 1. The van der Waals surface area contributed by atoms with Crippen molar-refractivity contribution in [1.29, 1.82) is 0 Å². The topological polar surface area (TPSA) is 97.4 Å². The number of nitrogens with zero attached hydrogens (tertiary/aromatic N) is 1. The number of thiazole rings is 1. The zero-order valence-corrected chi connectivity index (χ0v) is 15.3. The maximum atomic E-state index is 12.3. The largest absolute Gasteiger partial charge is 0.383 e. The summed E-state index contributed by atoms with van der Waals surface area (Å²) in [6, 6.07) is 5.77. The minimum atomic E-state index is -3.61. The molecule has 9 heteroatoms. The van der Waals surface area contributed by atoms with E-state index >= 15 is 0 Å². The van der Waals surface area contributed by atoms with Crippen LogP contribution in [-0.4, -0.2) is 39.6 Å². The molecule has 0 radical (unpaired) electrons. The minimum absolute atomic E-state index is 0.102. The van der Waals surface area contributed by atoms with Crippen molar-refractivity contribution in [3.05, 3.63) is 40.9 Å². The fourth-order valence-electron chi connectivity index (χ4n) is 2.23. The van der Waals surface area contributed by atoms with E-state index in [0.29, 0.717) is 16.6 Å². The lowest BCUT2D eigenvalue weighted by atomic mass is 10.2. The van der Waals surface area contributed by atoms with Gasteiger partial charge in [0.1, 0.15) is 0 Å². The molecule has 0 bridgehead atoms. The van der Waals surface area contributed by atoms with Crippen molar-refractivity contribution < 1.29 is 17.9 Å². The van der Waals surface area contributed by atoms with Crippen LogP contribution in [0.25, 0.3) is 0 Å². The molecule has 2 N–H and O–H groups in total. The summed E-state index contributed by atoms with van der Waals surface area (Å²) in [6.07, 6.45) is 2.32. The minimum Gasteiger partial charge on any atom is -0.383 e. The third-order valence-corrected chi connectivity index (χ3v) is 6.02. The molecule has 2 aromatic rings. The van der Waals surface area contributed by atoms with Gasteiger partial charge in [0.15, 0.2) is 5.13 Å². The van der Waals surface area contributed by atoms with Crippen LogP contribution in [0.4, 0.5) is 5.13 Å². The van der Waals surface area contributed by atoms with Crippen LogP contribution in [0.15, 0.2) is 34.5 Å². The first-order valence-corrected chi connectivity index (χ1v) is 10.2. The molecule has 1 aromatic heterocycles. The Hall–Kier alpha value is -1.81. The fourth-order valence-corrected chi connectivity index (χ4v) is 4.03. The number of anilines is 1. The van der Waals surface area contributed by atoms with Gasteiger partial charge >= 0.3 is 0 Å². The van der Waals surface area contributed by atoms with E-state index < -0.39 is 10.0 Å². The molecule has 25 heavy (non-hydrogen) atoms. The van der Waals surface area contributed by atoms with Crippen molar-refractivity contribution in [2.75, 3.05) is 25.6 Å². The molecule has 0 atom stereocenters. The second-order valence-corrected chi connectivity index (χ2v) is 8.35. The van der Waals surface area contributed by atoms with Gasteiger partial charge in [-0.2, -0.15) is 0 Å². The summed E-state index contributed by atoms with van der Waals surface area (Å²) in [5, 5.41) is 5.28. The molecule has 1 amide bonds. The van der Waals surface area contributed by atoms with Gasteiger partial charge in [-0.1, -0.05) is 0 Å². The molecule has 1 aromatic carbocycles. The van der Waals surface area contributed by atoms with Crippen LogP contribution >= 0.6 is 11.3 Å². The molecule has 0 saturated heterocycles. The maximum Gasteiger partial charge on any atom is 0.257 e. The first-order valence-electron chi connectivity index (χ1n) is 7.85. The van der Waals surface area contributed by atoms with Gasteiger partial charge < -0.3 is 4.74 Å². The second-order valence-electron chi connectivity index (χ2n) is 5.72. The van der Waals surface area contributed by atoms with Gasteiger partial charge in [0, 0.05) is 30.5 Å². The maximum absolute atomic E-state index is 12.3. The third kappa shape index (κ3) is 4.63. The summed E-state index contributed by atoms with van der Waals surface area (Å²) in [7, 11) is -2.11. The first-order chi connectivity index (χ1) is 12.0. The number of carbonyl (C=O) groups is 1. The predicted molar refractivity (Wildman–Crippen MR) is 95.5 cm³/mol. The number of nitrogens with one attached hydrogen (secondary N) is 2. The number of carbonyl (C=O) groups excluding carboxylic acids is 1. The van der Waals surface area contributed by atoms with E-state index in [2.05, 4.69) is 15.0 Å². The van der Waals surface area contributed by atoms with Crippen molar-refractivity contribution in [3.63, 3.8) is 0 Å². The number of ether oxygens (including phenoxy) is 1. The van der Waals surface area contributed by atoms with E-state index in [1.807, 2.05) is 5.38 Å². The highest BCUT2D eigenvalue weighted by Gasteiger charge is 2.26. The van der Waals surface area contributed by atoms with E-state index in [-0.39, 0.29) is 24.0 Å². The van der Waals surface area contributed by atoms with Gasteiger partial charge in [0.2, 0.25) is 10.0 Å². The average molecular weight is 381 g/mol. The lowest BCUT2D eigenvalue weighted by Gasteiger charge is -2.07. The first kappa shape index (κ1) is 18.0. The van der Waals surface area contributed by atoms with E-state index in [1.54, 1.807) is 0 Å². The van der Waals surface area contributed by atoms with Crippen LogP contribution in [0, 0.1) is 0 Å². The molecular formula is C16H19N3O4S2. The van der Waals surface area contributed by atoms with Crippen molar-refractivity contribution in [3.8, 4) is 0 Å². The van der Waals surface area contributed by atoms with Crippen molar-refractivity contribution >= 4 is 32.4 Å². The van der Waals surface area contributed by atoms with Gasteiger partial charge in [-0.05, 0) is 37.1 Å². The summed E-state index contributed by atoms with van der Waals surface area (Å²) >= 11 is 1.40. The average Bonchev–Trinajstić information content (AvgIpc) is 3.35. The van der Waals surface area contributed by atoms with Gasteiger partial charge in [0.05, 0.1) is 17.2 Å². The summed E-state index contributed by atoms with van der Waals surface area (Å²) in [5.74, 6) is 0.227. The highest BCUT2D eigenvalue weighted by atomic mass is 32.2. The lowest BCUT2D eigenvalue weighted by Crippen LogP contribution is -2.27. The van der Waals surface area contributed by atoms with Gasteiger partial charge in [-0.25, -0.2) is 18.1 Å². The van der Waals surface area contributed by atoms with Crippen molar-refractivity contribution in [2.24, 2.45) is 0 Å². The molecule has 3 rings (SSSR count). The highest BCUT2D eigenvalue weighted by Crippen LogP contribution is 2.40. The summed E-state index contributed by atoms with van der Waals surface area (Å²) < 4.78 is 31.4. The predicted octanol–water partition coefficient (Wildman–Crippen LogP) is 2.20. The SMILES string of the molecule is COCCNS(=O)(=O)c1ccc(C(=O)Nc2nc(C3CC3)cs2)cc1. The van der Waals surface area contributed by atoms with Crippen molar-refractivity contribution in [2.45, 2.75) is 23.7 Å². The molecule has 1 heterocycles. The molecule has 1 fully saturated rings. The van der Waals surface area contributed by atoms with Crippen LogP contribution in [-0.2, 0) is 14.8 Å². The Morgan fingerprint density at radius 2 is 2.04 bits per heavy atom. The monoisotopic (exact) mass is 381 g/mol. The number of benzene rings is 1. The molecule has 1 aliphatic carbocycles. The molecule has 7 nitrogen and oxygen atoms in total. The van der Waals surface area contributed by atoms with Gasteiger partial charge in [-0.3, -0.25) is 10.1 Å². The quantitative estimate of drug-likeness (QED) is 0.683. The van der Waals surface area contributed by atoms with Crippen molar-refractivity contribution in [1.82, 2.24) is 9.71 Å². The van der Waals surface area contributed by atoms with Crippen LogP contribution < -0.4 is 10.0 Å². The Kier molecular flexibility index (Phi) is 5.48. The van der Waals surface area contributed by atoms with Crippen LogP contribution in [0.5, 0.6) is 0 Å². The smallest absolute Gasteiger partial charge is 0.257 e. The lowest BCUT2D eigenvalue weighted by molar-refractivity contribution is 0.102. The van der Waals surface area contributed by atoms with Gasteiger partial charge in [-0.15, -0.1) is 11.3 Å². The molecule has 1 aliphatic rings. The third-order valence-electron chi connectivity index (χ3n) is 3.76. The molecule has 1 saturated carbocycles. The van der Waals surface area contributed by atoms with Crippen LogP contribution in [0.3, 0.4) is 0 Å². The second kappa shape index (κ2) is 7.61. The highest BCUT2D eigenvalue weighted by molar-refractivity contribution is 7.89. The number of hydrogen-bond donors (Lipinski definition) is 2. The van der Waals surface area contributed by atoms with Crippen LogP contribution in [0.1, 0.15) is 34.8 Å². The zero-order valence-electron chi connectivity index (χ0n) is 13.7. The van der Waals surface area contributed by atoms with E-state index in [1.165, 1.54) is 42.7 Å². The number of methoxy groups -OCH3 is 1. The van der Waals surface area contributed by atoms with E-state index in [9.17, 15) is 13.2 Å². The Bertz CT molecular complexity index is 843. The number of sulfonamides is 1. The fraction of sp³-hybridized carbons (Fsp3) is 0.375. The van der Waals surface area contributed by atoms with Gasteiger partial charge in [0.25, 0.3) is 5.91 Å². The van der Waals surface area contributed by atoms with Crippen LogP contribution in [0.2, 0.25) is 0 Å². The molecule has 0 spiro atoms. The summed E-state index contributed by atoms with van der Waals surface area (Å²) in [5.41, 5.74) is 1.41. The Morgan fingerprint density at radius 1 is 1.32 bits per heavy atom. The summed E-state index contributed by atoms with van der Waals surface area (Å²) in [4.78, 5) is 16.8. The van der Waals surface area contributed by atoms with E-state index in [4.69, 9.17) is 4.74 Å². The number of hydrogen-bond acceptors (Lipinski definition) is 6. The molecule has 134 valence electrons. The molecule has 0 unspecified atom stereocenters. The number of rotatable bonds is 8. The Morgan fingerprint density at radius 3 is 2.68 bits per heavy atom. The standard InChI is InChI=1S/C16H19N3O4S2/c1-23-9-8-17-25(21,22)13-6-4-12(5-7-13)15(20)19-16-18-14(10-24-16)11-2-3-11/h4-7,10-11,17H,2-3,8-9H2,1H3,(H,18,19,20).